The minimum atomic E-state index is 0.531. The molecule has 82 valence electrons. The van der Waals surface area contributed by atoms with Gasteiger partial charge < -0.3 is 10.5 Å². The third kappa shape index (κ3) is 2.74. The topological polar surface area (TPSA) is 35.2 Å². The fourth-order valence-corrected chi connectivity index (χ4v) is 1.89. The highest BCUT2D eigenvalue weighted by Gasteiger charge is 2.01. The summed E-state index contributed by atoms with van der Waals surface area (Å²) in [7, 11) is 0. The molecule has 3 heteroatoms. The zero-order valence-electron chi connectivity index (χ0n) is 8.69. The van der Waals surface area contributed by atoms with Crippen molar-refractivity contribution in [3.05, 3.63) is 57.7 Å². The van der Waals surface area contributed by atoms with Gasteiger partial charge in [-0.2, -0.15) is 0 Å². The average Bonchev–Trinajstić information content (AvgIpc) is 2.32. The van der Waals surface area contributed by atoms with Crippen LogP contribution in [-0.2, 0) is 6.54 Å². The SMILES string of the molecule is NCc1cccc(Oc2ccccc2I)c1. The van der Waals surface area contributed by atoms with Crippen LogP contribution in [0.5, 0.6) is 11.5 Å². The minimum Gasteiger partial charge on any atom is -0.456 e. The molecule has 0 heterocycles. The molecule has 0 bridgehead atoms. The molecule has 0 atom stereocenters. The summed E-state index contributed by atoms with van der Waals surface area (Å²) < 4.78 is 6.88. The minimum absolute atomic E-state index is 0.531. The lowest BCUT2D eigenvalue weighted by Gasteiger charge is -2.08. The Morgan fingerprint density at radius 2 is 1.88 bits per heavy atom. The molecule has 0 unspecified atom stereocenters. The van der Waals surface area contributed by atoms with Crippen LogP contribution in [-0.4, -0.2) is 0 Å². The van der Waals surface area contributed by atoms with Crippen LogP contribution in [0.3, 0.4) is 0 Å². The lowest BCUT2D eigenvalue weighted by Crippen LogP contribution is -1.96. The quantitative estimate of drug-likeness (QED) is 0.876. The summed E-state index contributed by atoms with van der Waals surface area (Å²) in [5.74, 6) is 1.70. The van der Waals surface area contributed by atoms with Gasteiger partial charge in [-0.3, -0.25) is 0 Å². The number of rotatable bonds is 3. The molecule has 0 aliphatic rings. The third-order valence-corrected chi connectivity index (χ3v) is 3.09. The second-order valence-corrected chi connectivity index (χ2v) is 4.55. The zero-order valence-corrected chi connectivity index (χ0v) is 10.8. The lowest BCUT2D eigenvalue weighted by atomic mass is 10.2. The number of hydrogen-bond acceptors (Lipinski definition) is 2. The largest absolute Gasteiger partial charge is 0.456 e. The van der Waals surface area contributed by atoms with Crippen LogP contribution in [0, 0.1) is 3.57 Å². The number of para-hydroxylation sites is 1. The van der Waals surface area contributed by atoms with Crippen molar-refractivity contribution in [1.82, 2.24) is 0 Å². The maximum Gasteiger partial charge on any atom is 0.140 e. The molecule has 2 aromatic rings. The third-order valence-electron chi connectivity index (χ3n) is 2.20. The van der Waals surface area contributed by atoms with Gasteiger partial charge >= 0.3 is 0 Å². The average molecular weight is 325 g/mol. The molecule has 2 N–H and O–H groups in total. The Bertz CT molecular complexity index is 485. The Balaban J connectivity index is 2.24. The molecule has 0 spiro atoms. The van der Waals surface area contributed by atoms with Gasteiger partial charge in [-0.15, -0.1) is 0 Å². The van der Waals surface area contributed by atoms with Crippen molar-refractivity contribution in [3.63, 3.8) is 0 Å². The Hall–Kier alpha value is -1.07. The van der Waals surface area contributed by atoms with Crippen molar-refractivity contribution in [2.75, 3.05) is 0 Å². The van der Waals surface area contributed by atoms with E-state index < -0.39 is 0 Å². The van der Waals surface area contributed by atoms with Crippen molar-refractivity contribution in [1.29, 1.82) is 0 Å². The molecule has 0 amide bonds. The van der Waals surface area contributed by atoms with E-state index in [1.54, 1.807) is 0 Å². The second kappa shape index (κ2) is 5.32. The van der Waals surface area contributed by atoms with E-state index in [2.05, 4.69) is 22.6 Å². The van der Waals surface area contributed by atoms with Gasteiger partial charge in [-0.25, -0.2) is 0 Å². The fraction of sp³-hybridized carbons (Fsp3) is 0.0769. The number of hydrogen-bond donors (Lipinski definition) is 1. The van der Waals surface area contributed by atoms with Gasteiger partial charge in [0.25, 0.3) is 0 Å². The van der Waals surface area contributed by atoms with Crippen molar-refractivity contribution >= 4 is 22.6 Å². The van der Waals surface area contributed by atoms with Gasteiger partial charge in [0.15, 0.2) is 0 Å². The van der Waals surface area contributed by atoms with Crippen LogP contribution in [0.1, 0.15) is 5.56 Å². The van der Waals surface area contributed by atoms with Crippen LogP contribution in [0.15, 0.2) is 48.5 Å². The van der Waals surface area contributed by atoms with Crippen molar-refractivity contribution in [2.45, 2.75) is 6.54 Å². The first-order valence-corrected chi connectivity index (χ1v) is 6.09. The van der Waals surface area contributed by atoms with Gasteiger partial charge in [0, 0.05) is 6.54 Å². The molecular weight excluding hydrogens is 313 g/mol. The predicted octanol–water partition coefficient (Wildman–Crippen LogP) is 3.54. The maximum atomic E-state index is 5.79. The van der Waals surface area contributed by atoms with Gasteiger partial charge in [0.05, 0.1) is 3.57 Å². The molecule has 0 radical (unpaired) electrons. The van der Waals surface area contributed by atoms with Crippen molar-refractivity contribution in [3.8, 4) is 11.5 Å². The van der Waals surface area contributed by atoms with Gasteiger partial charge in [-0.05, 0) is 52.4 Å². The van der Waals surface area contributed by atoms with Gasteiger partial charge in [0.2, 0.25) is 0 Å². The Morgan fingerprint density at radius 3 is 2.62 bits per heavy atom. The summed E-state index contributed by atoms with van der Waals surface area (Å²) in [6.07, 6.45) is 0. The zero-order chi connectivity index (χ0) is 11.4. The molecule has 0 aliphatic heterocycles. The van der Waals surface area contributed by atoms with E-state index in [0.717, 1.165) is 20.6 Å². The standard InChI is InChI=1S/C13H12INO/c14-12-6-1-2-7-13(12)16-11-5-3-4-10(8-11)9-15/h1-8H,9,15H2. The second-order valence-electron chi connectivity index (χ2n) is 3.38. The molecule has 2 aromatic carbocycles. The highest BCUT2D eigenvalue weighted by Crippen LogP contribution is 2.26. The normalized spacial score (nSPS) is 10.1. The van der Waals surface area contributed by atoms with Crippen molar-refractivity contribution < 1.29 is 4.74 Å². The highest BCUT2D eigenvalue weighted by molar-refractivity contribution is 14.1. The van der Waals surface area contributed by atoms with Crippen LogP contribution < -0.4 is 10.5 Å². The van der Waals surface area contributed by atoms with Crippen molar-refractivity contribution in [2.24, 2.45) is 5.73 Å². The maximum absolute atomic E-state index is 5.79. The predicted molar refractivity (Wildman–Crippen MR) is 73.6 cm³/mol. The van der Waals surface area contributed by atoms with E-state index >= 15 is 0 Å². The first-order valence-electron chi connectivity index (χ1n) is 5.01. The van der Waals surface area contributed by atoms with Crippen LogP contribution in [0.2, 0.25) is 0 Å². The Morgan fingerprint density at radius 1 is 1.06 bits per heavy atom. The monoisotopic (exact) mass is 325 g/mol. The molecule has 2 rings (SSSR count). The summed E-state index contributed by atoms with van der Waals surface area (Å²) in [6, 6.07) is 15.8. The lowest BCUT2D eigenvalue weighted by molar-refractivity contribution is 0.478. The Kier molecular flexibility index (Phi) is 3.79. The van der Waals surface area contributed by atoms with E-state index in [1.165, 1.54) is 0 Å². The first kappa shape index (κ1) is 11.4. The molecule has 2 nitrogen and oxygen atoms in total. The Labute approximate surface area is 109 Å². The van der Waals surface area contributed by atoms with E-state index in [0.29, 0.717) is 6.54 Å². The van der Waals surface area contributed by atoms with E-state index in [4.69, 9.17) is 10.5 Å². The summed E-state index contributed by atoms with van der Waals surface area (Å²) >= 11 is 2.26. The fourth-order valence-electron chi connectivity index (χ4n) is 1.39. The number of ether oxygens (including phenoxy) is 1. The van der Waals surface area contributed by atoms with Crippen LogP contribution >= 0.6 is 22.6 Å². The summed E-state index contributed by atoms with van der Waals surface area (Å²) in [5, 5.41) is 0. The molecule has 0 aliphatic carbocycles. The molecule has 0 saturated heterocycles. The van der Waals surface area contributed by atoms with E-state index in [9.17, 15) is 0 Å². The molecule has 0 aromatic heterocycles. The smallest absolute Gasteiger partial charge is 0.140 e. The van der Waals surface area contributed by atoms with E-state index in [-0.39, 0.29) is 0 Å². The summed E-state index contributed by atoms with van der Waals surface area (Å²) in [6.45, 7) is 0.531. The summed E-state index contributed by atoms with van der Waals surface area (Å²) in [4.78, 5) is 0. The van der Waals surface area contributed by atoms with Crippen LogP contribution in [0.25, 0.3) is 0 Å². The molecule has 0 saturated carbocycles. The summed E-state index contributed by atoms with van der Waals surface area (Å²) in [5.41, 5.74) is 6.66. The molecular formula is C13H12INO. The van der Waals surface area contributed by atoms with E-state index in [1.807, 2.05) is 48.5 Å². The number of nitrogens with two attached hydrogens (primary N) is 1. The first-order chi connectivity index (χ1) is 7.79. The number of benzene rings is 2. The molecule has 16 heavy (non-hydrogen) atoms. The van der Waals surface area contributed by atoms with Gasteiger partial charge in [0.1, 0.15) is 11.5 Å². The highest BCUT2D eigenvalue weighted by atomic mass is 127. The molecule has 0 fully saturated rings. The van der Waals surface area contributed by atoms with Crippen LogP contribution in [0.4, 0.5) is 0 Å². The number of halogens is 1. The van der Waals surface area contributed by atoms with Gasteiger partial charge in [-0.1, -0.05) is 24.3 Å².